The van der Waals surface area contributed by atoms with E-state index in [1.807, 2.05) is 0 Å². The lowest BCUT2D eigenvalue weighted by Crippen LogP contribution is -2.46. The molecule has 0 aliphatic heterocycles. The third-order valence-electron chi connectivity index (χ3n) is 4.04. The topological polar surface area (TPSA) is 98.0 Å². The Kier molecular flexibility index (Phi) is 5.25. The first kappa shape index (κ1) is 19.3. The van der Waals surface area contributed by atoms with E-state index in [-0.39, 0.29) is 6.42 Å². The summed E-state index contributed by atoms with van der Waals surface area (Å²) in [7, 11) is 0. The molecule has 0 unspecified atom stereocenters. The number of rotatable bonds is 5. The number of nitrogens with two attached hydrogens (primary N) is 1. The molecule has 2 amide bonds. The maximum Gasteiger partial charge on any atom is 0.417 e. The van der Waals surface area contributed by atoms with Crippen LogP contribution in [0.4, 0.5) is 13.2 Å². The Morgan fingerprint density at radius 1 is 1.04 bits per heavy atom. The van der Waals surface area contributed by atoms with Crippen molar-refractivity contribution in [2.75, 3.05) is 0 Å². The molecule has 9 heteroatoms. The zero-order valence-corrected chi connectivity index (χ0v) is 14.4. The molecule has 1 atom stereocenters. The highest BCUT2D eigenvalue weighted by molar-refractivity contribution is 5.98. The van der Waals surface area contributed by atoms with Crippen LogP contribution in [0.15, 0.2) is 54.7 Å². The maximum atomic E-state index is 13.1. The molecule has 3 N–H and O–H groups in total. The summed E-state index contributed by atoms with van der Waals surface area (Å²) in [5, 5.41) is 2.26. The minimum Gasteiger partial charge on any atom is -0.368 e. The van der Waals surface area contributed by atoms with Gasteiger partial charge in [0.15, 0.2) is 0 Å². The zero-order valence-electron chi connectivity index (χ0n) is 14.4. The molecule has 0 fully saturated rings. The Labute approximate surface area is 157 Å². The molecule has 1 aromatic heterocycles. The Morgan fingerprint density at radius 2 is 1.68 bits per heavy atom. The fourth-order valence-electron chi connectivity index (χ4n) is 2.69. The van der Waals surface area contributed by atoms with Crippen molar-refractivity contribution >= 4 is 22.8 Å². The molecule has 144 valence electrons. The van der Waals surface area contributed by atoms with E-state index in [4.69, 9.17) is 5.73 Å². The summed E-state index contributed by atoms with van der Waals surface area (Å²) < 4.78 is 39.3. The molecule has 2 aromatic carbocycles. The first-order valence-corrected chi connectivity index (χ1v) is 8.23. The van der Waals surface area contributed by atoms with Gasteiger partial charge in [0, 0.05) is 12.6 Å². The first-order valence-electron chi connectivity index (χ1n) is 8.23. The predicted molar refractivity (Wildman–Crippen MR) is 95.1 cm³/mol. The number of hydrogen-bond donors (Lipinski definition) is 2. The highest BCUT2D eigenvalue weighted by atomic mass is 19.4. The van der Waals surface area contributed by atoms with Gasteiger partial charge in [-0.1, -0.05) is 24.3 Å². The van der Waals surface area contributed by atoms with Gasteiger partial charge in [-0.25, -0.2) is 4.98 Å². The average Bonchev–Trinajstić information content (AvgIpc) is 2.66. The van der Waals surface area contributed by atoms with Crippen molar-refractivity contribution in [2.45, 2.75) is 18.6 Å². The third-order valence-corrected chi connectivity index (χ3v) is 4.04. The number of alkyl halides is 3. The van der Waals surface area contributed by atoms with Crippen LogP contribution >= 0.6 is 0 Å². The normalized spacial score (nSPS) is 12.5. The molecule has 3 aromatic rings. The van der Waals surface area contributed by atoms with Gasteiger partial charge in [0.2, 0.25) is 5.91 Å². The Morgan fingerprint density at radius 3 is 2.36 bits per heavy atom. The Balaban J connectivity index is 1.83. The van der Waals surface area contributed by atoms with E-state index in [1.54, 1.807) is 24.3 Å². The third kappa shape index (κ3) is 4.25. The van der Waals surface area contributed by atoms with Gasteiger partial charge < -0.3 is 11.1 Å². The van der Waals surface area contributed by atoms with E-state index in [9.17, 15) is 22.8 Å². The molecule has 0 saturated heterocycles. The van der Waals surface area contributed by atoms with Crippen LogP contribution in [0.3, 0.4) is 0 Å². The van der Waals surface area contributed by atoms with Gasteiger partial charge >= 0.3 is 6.18 Å². The summed E-state index contributed by atoms with van der Waals surface area (Å²) in [5.74, 6) is -1.95. The number of amides is 2. The number of carbonyl (C=O) groups excluding carboxylic acids is 2. The largest absolute Gasteiger partial charge is 0.417 e. The summed E-state index contributed by atoms with van der Waals surface area (Å²) in [5.41, 5.74) is 5.23. The summed E-state index contributed by atoms with van der Waals surface area (Å²) in [6.45, 7) is 0. The van der Waals surface area contributed by atoms with Crippen LogP contribution in [-0.4, -0.2) is 27.8 Å². The number of benzene rings is 2. The number of fused-ring (bicyclic) bond motifs is 1. The van der Waals surface area contributed by atoms with Gasteiger partial charge in [0.05, 0.1) is 27.9 Å². The van der Waals surface area contributed by atoms with Crippen LogP contribution in [0.1, 0.15) is 21.6 Å². The fourth-order valence-corrected chi connectivity index (χ4v) is 2.69. The highest BCUT2D eigenvalue weighted by Gasteiger charge is 2.35. The molecule has 0 radical (unpaired) electrons. The first-order chi connectivity index (χ1) is 13.3. The Bertz CT molecular complexity index is 1040. The fraction of sp³-hybridized carbons (Fsp3) is 0.158. The SMILES string of the molecule is NC(=O)[C@@H](Cc1cnc2ccccc2n1)NC(=O)c1ccccc1C(F)(F)F. The number of nitrogens with zero attached hydrogens (tertiary/aromatic N) is 2. The minimum absolute atomic E-state index is 0.104. The van der Waals surface area contributed by atoms with Crippen LogP contribution in [0.5, 0.6) is 0 Å². The maximum absolute atomic E-state index is 13.1. The number of aromatic nitrogens is 2. The van der Waals surface area contributed by atoms with E-state index < -0.39 is 35.2 Å². The van der Waals surface area contributed by atoms with E-state index in [1.165, 1.54) is 18.3 Å². The van der Waals surface area contributed by atoms with Gasteiger partial charge in [0.25, 0.3) is 5.91 Å². The number of carbonyl (C=O) groups is 2. The smallest absolute Gasteiger partial charge is 0.368 e. The lowest BCUT2D eigenvalue weighted by molar-refractivity contribution is -0.137. The summed E-state index contributed by atoms with van der Waals surface area (Å²) >= 11 is 0. The van der Waals surface area contributed by atoms with Crippen molar-refractivity contribution in [1.82, 2.24) is 15.3 Å². The molecule has 0 bridgehead atoms. The zero-order chi connectivity index (χ0) is 20.3. The standard InChI is InChI=1S/C19H15F3N4O2/c20-19(21,22)13-6-2-1-5-12(13)18(28)26-16(17(23)27)9-11-10-24-14-7-3-4-8-15(14)25-11/h1-8,10,16H,9H2,(H2,23,27)(H,26,28)/t16-/m1/s1. The van der Waals surface area contributed by atoms with Crippen LogP contribution in [0.2, 0.25) is 0 Å². The van der Waals surface area contributed by atoms with Crippen molar-refractivity contribution < 1.29 is 22.8 Å². The highest BCUT2D eigenvalue weighted by Crippen LogP contribution is 2.31. The van der Waals surface area contributed by atoms with Gasteiger partial charge in [-0.3, -0.25) is 14.6 Å². The molecule has 3 rings (SSSR count). The van der Waals surface area contributed by atoms with E-state index in [2.05, 4.69) is 15.3 Å². The van der Waals surface area contributed by atoms with Crippen molar-refractivity contribution in [3.05, 3.63) is 71.5 Å². The molecule has 1 heterocycles. The molecule has 6 nitrogen and oxygen atoms in total. The van der Waals surface area contributed by atoms with Gasteiger partial charge in [-0.15, -0.1) is 0 Å². The summed E-state index contributed by atoms with van der Waals surface area (Å²) in [6.07, 6.45) is -3.39. The minimum atomic E-state index is -4.71. The van der Waals surface area contributed by atoms with Crippen molar-refractivity contribution in [3.63, 3.8) is 0 Å². The molecule has 0 aliphatic rings. The van der Waals surface area contributed by atoms with Crippen molar-refractivity contribution in [1.29, 1.82) is 0 Å². The lowest BCUT2D eigenvalue weighted by atomic mass is 10.0. The van der Waals surface area contributed by atoms with Crippen LogP contribution in [0.25, 0.3) is 11.0 Å². The number of hydrogen-bond acceptors (Lipinski definition) is 4. The van der Waals surface area contributed by atoms with Gasteiger partial charge in [0.1, 0.15) is 6.04 Å². The van der Waals surface area contributed by atoms with Crippen LogP contribution in [0, 0.1) is 0 Å². The van der Waals surface area contributed by atoms with Crippen molar-refractivity contribution in [3.8, 4) is 0 Å². The number of para-hydroxylation sites is 2. The lowest BCUT2D eigenvalue weighted by Gasteiger charge is -2.17. The summed E-state index contributed by atoms with van der Waals surface area (Å²) in [4.78, 5) is 32.7. The molecule has 0 aliphatic carbocycles. The second-order valence-electron chi connectivity index (χ2n) is 6.03. The van der Waals surface area contributed by atoms with Gasteiger partial charge in [-0.05, 0) is 24.3 Å². The van der Waals surface area contributed by atoms with Crippen LogP contribution < -0.4 is 11.1 Å². The molecule has 28 heavy (non-hydrogen) atoms. The van der Waals surface area contributed by atoms with Crippen molar-refractivity contribution in [2.24, 2.45) is 5.73 Å². The predicted octanol–water partition coefficient (Wildman–Crippen LogP) is 2.47. The number of nitrogens with one attached hydrogen (secondary N) is 1. The van der Waals surface area contributed by atoms with E-state index in [0.29, 0.717) is 16.7 Å². The quantitative estimate of drug-likeness (QED) is 0.702. The second kappa shape index (κ2) is 7.63. The van der Waals surface area contributed by atoms with Gasteiger partial charge in [-0.2, -0.15) is 13.2 Å². The van der Waals surface area contributed by atoms with E-state index >= 15 is 0 Å². The monoisotopic (exact) mass is 388 g/mol. The van der Waals surface area contributed by atoms with E-state index in [0.717, 1.165) is 12.1 Å². The average molecular weight is 388 g/mol. The Hall–Kier alpha value is -3.49. The van der Waals surface area contributed by atoms with Crippen LogP contribution in [-0.2, 0) is 17.4 Å². The molecular weight excluding hydrogens is 373 g/mol. The molecule has 0 spiro atoms. The molecular formula is C19H15F3N4O2. The number of primary amides is 1. The number of halogens is 3. The molecule has 0 saturated carbocycles. The second-order valence-corrected chi connectivity index (χ2v) is 6.03. The summed E-state index contributed by atoms with van der Waals surface area (Å²) in [6, 6.07) is 10.1.